The number of ketones is 1. The van der Waals surface area contributed by atoms with Gasteiger partial charge in [0.2, 0.25) is 0 Å². The molecule has 130 valence electrons. The number of aromatic nitrogens is 1. The highest BCUT2D eigenvalue weighted by molar-refractivity contribution is 6.21. The molecule has 0 aliphatic rings. The lowest BCUT2D eigenvalue weighted by molar-refractivity contribution is 0.104. The molecule has 1 aromatic heterocycles. The first-order valence-electron chi connectivity index (χ1n) is 13.6. The predicted molar refractivity (Wildman–Crippen MR) is 109 cm³/mol. The number of nitrogens with zero attached hydrogens (tertiary/aromatic N) is 1. The lowest BCUT2D eigenvalue weighted by atomic mass is 9.97. The second kappa shape index (κ2) is 7.17. The molecule has 0 amide bonds. The lowest BCUT2D eigenvalue weighted by Crippen LogP contribution is -2.02. The Morgan fingerprint density at radius 1 is 0.923 bits per heavy atom. The second-order valence-electron chi connectivity index (χ2n) is 5.77. The molecule has 4 aromatic rings. The molecule has 3 aromatic carbocycles. The number of rotatable bonds is 6. The molecule has 0 radical (unpaired) electrons. The van der Waals surface area contributed by atoms with E-state index in [2.05, 4.69) is 0 Å². The summed E-state index contributed by atoms with van der Waals surface area (Å²) in [6.07, 6.45) is -10.2. The van der Waals surface area contributed by atoms with Crippen molar-refractivity contribution in [2.24, 2.45) is 0 Å². The van der Waals surface area contributed by atoms with E-state index in [9.17, 15) is 4.79 Å². The van der Waals surface area contributed by atoms with Crippen molar-refractivity contribution < 1.29 is 19.9 Å². The van der Waals surface area contributed by atoms with Crippen LogP contribution in [0, 0.1) is 0 Å². The summed E-state index contributed by atoms with van der Waals surface area (Å²) in [5, 5.41) is 1.75. The summed E-state index contributed by atoms with van der Waals surface area (Å²) in [6.45, 7) is -6.89. The van der Waals surface area contributed by atoms with Crippen molar-refractivity contribution >= 4 is 27.5 Å². The summed E-state index contributed by atoms with van der Waals surface area (Å²) in [4.78, 5) is 13.7. The maximum absolute atomic E-state index is 13.7. The first kappa shape index (κ1) is 8.22. The molecule has 2 heteroatoms. The monoisotopic (exact) mass is 352 g/mol. The van der Waals surface area contributed by atoms with Crippen LogP contribution in [0.4, 0.5) is 0 Å². The van der Waals surface area contributed by atoms with Crippen molar-refractivity contribution in [3.63, 3.8) is 0 Å². The molecule has 0 fully saturated rings. The van der Waals surface area contributed by atoms with E-state index in [0.717, 1.165) is 16.2 Å². The number of carbonyl (C=O) groups is 1. The Kier molecular flexibility index (Phi) is 2.26. The summed E-state index contributed by atoms with van der Waals surface area (Å²) in [5.74, 6) is -0.469. The van der Waals surface area contributed by atoms with Gasteiger partial charge in [0.05, 0.1) is 0 Å². The van der Waals surface area contributed by atoms with Gasteiger partial charge < -0.3 is 4.57 Å². The van der Waals surface area contributed by atoms with Gasteiger partial charge in [0.15, 0.2) is 5.78 Å². The zero-order valence-corrected chi connectivity index (χ0v) is 13.8. The SMILES string of the molecule is [2H]C([2H])([2H])C([2H])([2H])C([2H])([2H])C([2H])([2H])C([2H])([2H])n1cc(C(=O)c2cccc3ccccc23)c2ccccc21. The van der Waals surface area contributed by atoms with Gasteiger partial charge in [-0.1, -0.05) is 80.3 Å². The van der Waals surface area contributed by atoms with Crippen LogP contribution < -0.4 is 0 Å². The van der Waals surface area contributed by atoms with Gasteiger partial charge in [-0.15, -0.1) is 0 Å². The van der Waals surface area contributed by atoms with E-state index in [-0.39, 0.29) is 16.5 Å². The van der Waals surface area contributed by atoms with E-state index >= 15 is 0 Å². The Hall–Kier alpha value is -2.87. The fourth-order valence-electron chi connectivity index (χ4n) is 3.14. The van der Waals surface area contributed by atoms with Crippen LogP contribution in [0.5, 0.6) is 0 Å². The fourth-order valence-corrected chi connectivity index (χ4v) is 3.14. The van der Waals surface area contributed by atoms with Crippen molar-refractivity contribution in [3.8, 4) is 0 Å². The van der Waals surface area contributed by atoms with Crippen molar-refractivity contribution in [1.82, 2.24) is 4.57 Å². The predicted octanol–water partition coefficient (Wildman–Crippen LogP) is 6.22. The highest BCUT2D eigenvalue weighted by atomic mass is 16.1. The molecular weight excluding hydrogens is 318 g/mol. The number of aryl methyl sites for hydroxylation is 1. The zero-order valence-electron chi connectivity index (χ0n) is 24.8. The van der Waals surface area contributed by atoms with Crippen molar-refractivity contribution in [2.45, 2.75) is 32.5 Å². The van der Waals surface area contributed by atoms with Gasteiger partial charge in [-0.2, -0.15) is 0 Å². The van der Waals surface area contributed by atoms with Crippen LogP contribution >= 0.6 is 0 Å². The van der Waals surface area contributed by atoms with Gasteiger partial charge in [-0.05, 0) is 23.2 Å². The number of para-hydroxylation sites is 1. The van der Waals surface area contributed by atoms with Crippen LogP contribution in [-0.4, -0.2) is 10.4 Å². The van der Waals surface area contributed by atoms with Crippen molar-refractivity contribution in [2.75, 3.05) is 0 Å². The van der Waals surface area contributed by atoms with Crippen LogP contribution in [0.25, 0.3) is 21.7 Å². The van der Waals surface area contributed by atoms with E-state index in [4.69, 9.17) is 15.1 Å². The topological polar surface area (TPSA) is 22.0 Å². The maximum Gasteiger partial charge on any atom is 0.195 e. The van der Waals surface area contributed by atoms with E-state index < -0.39 is 38.3 Å². The molecule has 0 saturated carbocycles. The molecule has 0 bridgehead atoms. The zero-order chi connectivity index (χ0) is 27.6. The van der Waals surface area contributed by atoms with Gasteiger partial charge in [-0.3, -0.25) is 4.79 Å². The normalized spacial score (nSPS) is 20.2. The maximum atomic E-state index is 13.7. The molecule has 0 spiro atoms. The first-order chi connectivity index (χ1) is 17.0. The van der Waals surface area contributed by atoms with Crippen LogP contribution in [0.3, 0.4) is 0 Å². The lowest BCUT2D eigenvalue weighted by Gasteiger charge is -2.05. The average molecular weight is 353 g/mol. The van der Waals surface area contributed by atoms with Gasteiger partial charge in [0, 0.05) is 49.8 Å². The largest absolute Gasteiger partial charge is 0.347 e. The number of hydrogen-bond acceptors (Lipinski definition) is 1. The third-order valence-corrected chi connectivity index (χ3v) is 4.29. The summed E-state index contributed by atoms with van der Waals surface area (Å²) < 4.78 is 89.1. The molecule has 26 heavy (non-hydrogen) atoms. The van der Waals surface area contributed by atoms with Crippen LogP contribution in [0.15, 0.2) is 72.9 Å². The Morgan fingerprint density at radius 2 is 1.69 bits per heavy atom. The molecule has 0 N–H and O–H groups in total. The number of fused-ring (bicyclic) bond motifs is 2. The molecule has 4 rings (SSSR count). The number of hydrogen-bond donors (Lipinski definition) is 0. The Morgan fingerprint density at radius 3 is 2.58 bits per heavy atom. The molecule has 2 nitrogen and oxygen atoms in total. The molecule has 0 unspecified atom stereocenters. The van der Waals surface area contributed by atoms with Crippen LogP contribution in [0.2, 0.25) is 0 Å². The Bertz CT molecular complexity index is 1500. The summed E-state index contributed by atoms with van der Waals surface area (Å²) in [7, 11) is 0. The van der Waals surface area contributed by atoms with Gasteiger partial charge in [0.25, 0.3) is 0 Å². The van der Waals surface area contributed by atoms with Crippen LogP contribution in [0.1, 0.15) is 57.0 Å². The fraction of sp³-hybridized carbons (Fsp3) is 0.208. The molecule has 0 aliphatic heterocycles. The quantitative estimate of drug-likeness (QED) is 0.378. The molecule has 1 heterocycles. The molecule has 0 saturated heterocycles. The van der Waals surface area contributed by atoms with Gasteiger partial charge in [-0.25, -0.2) is 0 Å². The smallest absolute Gasteiger partial charge is 0.195 e. The van der Waals surface area contributed by atoms with E-state index in [1.807, 2.05) is 18.2 Å². The molecule has 0 aliphatic carbocycles. The highest BCUT2D eigenvalue weighted by Crippen LogP contribution is 2.27. The molecular formula is C24H23NO. The van der Waals surface area contributed by atoms with Crippen molar-refractivity contribution in [3.05, 3.63) is 84.1 Å². The van der Waals surface area contributed by atoms with E-state index in [1.54, 1.807) is 36.4 Å². The highest BCUT2D eigenvalue weighted by Gasteiger charge is 2.18. The second-order valence-corrected chi connectivity index (χ2v) is 5.77. The third-order valence-electron chi connectivity index (χ3n) is 4.29. The van der Waals surface area contributed by atoms with Gasteiger partial charge in [0.1, 0.15) is 0 Å². The molecule has 0 atom stereocenters. The summed E-state index contributed by atoms with van der Waals surface area (Å²) in [5.41, 5.74) is 0.426. The van der Waals surface area contributed by atoms with Crippen molar-refractivity contribution in [1.29, 1.82) is 0 Å². The third kappa shape index (κ3) is 2.92. The Balaban J connectivity index is 1.92. The van der Waals surface area contributed by atoms with Crippen LogP contribution in [-0.2, 0) is 6.50 Å². The number of carbonyl (C=O) groups excluding carboxylic acids is 1. The minimum Gasteiger partial charge on any atom is -0.347 e. The summed E-state index contributed by atoms with van der Waals surface area (Å²) >= 11 is 0. The average Bonchev–Trinajstić information content (AvgIpc) is 3.22. The van der Waals surface area contributed by atoms with E-state index in [1.165, 1.54) is 12.1 Å². The summed E-state index contributed by atoms with van der Waals surface area (Å²) in [6, 6.07) is 18.5. The first-order valence-corrected chi connectivity index (χ1v) is 8.10. The van der Waals surface area contributed by atoms with Gasteiger partial charge >= 0.3 is 0 Å². The number of benzene rings is 3. The minimum atomic E-state index is -3.81. The standard InChI is InChI=1S/C24H23NO/c1-2-3-8-16-25-17-22(20-13-6-7-15-23(20)25)24(26)21-14-9-11-18-10-4-5-12-19(18)21/h4-7,9-15,17H,2-3,8,16H2,1H3/i1D3,2D2,3D2,8D2,16D2. The minimum absolute atomic E-state index is 0.0334. The van der Waals surface area contributed by atoms with E-state index in [0.29, 0.717) is 10.9 Å². The Labute approximate surface area is 169 Å².